The van der Waals surface area contributed by atoms with Crippen LogP contribution >= 0.6 is 0 Å². The maximum absolute atomic E-state index is 12.0. The predicted octanol–water partition coefficient (Wildman–Crippen LogP) is 2.38. The van der Waals surface area contributed by atoms with Gasteiger partial charge in [0.15, 0.2) is 5.96 Å². The smallest absolute Gasteiger partial charge is 0.407 e. The number of nitrogens with one attached hydrogen (secondary N) is 2. The molecule has 2 N–H and O–H groups in total. The van der Waals surface area contributed by atoms with Gasteiger partial charge in [-0.3, -0.25) is 4.99 Å². The van der Waals surface area contributed by atoms with Crippen molar-refractivity contribution in [3.63, 3.8) is 0 Å². The van der Waals surface area contributed by atoms with Crippen LogP contribution in [0.25, 0.3) is 0 Å². The van der Waals surface area contributed by atoms with E-state index >= 15 is 0 Å². The molecule has 1 amide bonds. The van der Waals surface area contributed by atoms with Crippen molar-refractivity contribution >= 4 is 12.1 Å². The van der Waals surface area contributed by atoms with Crippen molar-refractivity contribution < 1.29 is 19.0 Å². The Hall–Kier alpha value is -2.64. The number of amides is 1. The first-order valence-corrected chi connectivity index (χ1v) is 9.41. The minimum atomic E-state index is -0.503. The summed E-state index contributed by atoms with van der Waals surface area (Å²) in [6, 6.07) is 5.76. The van der Waals surface area contributed by atoms with Crippen LogP contribution in [0.1, 0.15) is 32.8 Å². The van der Waals surface area contributed by atoms with Crippen LogP contribution in [0.4, 0.5) is 4.79 Å². The van der Waals surface area contributed by atoms with Crippen molar-refractivity contribution in [2.75, 3.05) is 34.4 Å². The maximum Gasteiger partial charge on any atom is 0.407 e. The number of hydrogen-bond acceptors (Lipinski definition) is 5. The van der Waals surface area contributed by atoms with E-state index in [2.05, 4.69) is 20.5 Å². The minimum absolute atomic E-state index is 0.0314. The number of rotatable bonds is 5. The molecule has 1 aromatic rings. The zero-order valence-corrected chi connectivity index (χ0v) is 17.7. The van der Waals surface area contributed by atoms with Crippen LogP contribution in [0.15, 0.2) is 23.2 Å². The Kier molecular flexibility index (Phi) is 7.37. The Morgan fingerprint density at radius 2 is 2.04 bits per heavy atom. The molecule has 28 heavy (non-hydrogen) atoms. The molecule has 1 heterocycles. The van der Waals surface area contributed by atoms with Crippen LogP contribution in [0.2, 0.25) is 0 Å². The molecule has 0 spiro atoms. The molecule has 1 aliphatic heterocycles. The van der Waals surface area contributed by atoms with Gasteiger partial charge in [-0.25, -0.2) is 4.79 Å². The fraction of sp³-hybridized carbons (Fsp3) is 0.600. The molecule has 2 rings (SSSR count). The molecule has 0 radical (unpaired) electrons. The largest absolute Gasteiger partial charge is 0.497 e. The molecule has 0 bridgehead atoms. The highest BCUT2D eigenvalue weighted by atomic mass is 16.6. The van der Waals surface area contributed by atoms with Crippen molar-refractivity contribution in [1.29, 1.82) is 0 Å². The molecule has 0 aliphatic carbocycles. The van der Waals surface area contributed by atoms with Gasteiger partial charge in [0.25, 0.3) is 0 Å². The highest BCUT2D eigenvalue weighted by Crippen LogP contribution is 2.24. The average molecular weight is 393 g/mol. The monoisotopic (exact) mass is 392 g/mol. The number of benzene rings is 1. The Labute approximate surface area is 167 Å². The van der Waals surface area contributed by atoms with Gasteiger partial charge >= 0.3 is 6.09 Å². The molecule has 1 atom stereocenters. The highest BCUT2D eigenvalue weighted by molar-refractivity contribution is 5.80. The summed E-state index contributed by atoms with van der Waals surface area (Å²) in [6.07, 6.45) is 0.455. The summed E-state index contributed by atoms with van der Waals surface area (Å²) in [5.41, 5.74) is 0.504. The Morgan fingerprint density at radius 1 is 1.29 bits per heavy atom. The molecular formula is C20H32N4O4. The van der Waals surface area contributed by atoms with Gasteiger partial charge < -0.3 is 29.7 Å². The number of nitrogens with zero attached hydrogens (tertiary/aromatic N) is 2. The lowest BCUT2D eigenvalue weighted by Gasteiger charge is -2.23. The summed E-state index contributed by atoms with van der Waals surface area (Å²) in [5, 5.41) is 6.29. The molecule has 8 heteroatoms. The SMILES string of the molecule is CN=C(NCc1ccc(OC)cc1OC)N1CCC(NC(=O)OC(C)(C)C)C1. The van der Waals surface area contributed by atoms with E-state index < -0.39 is 5.60 Å². The number of carbonyl (C=O) groups is 1. The Morgan fingerprint density at radius 3 is 2.64 bits per heavy atom. The summed E-state index contributed by atoms with van der Waals surface area (Å²) >= 11 is 0. The van der Waals surface area contributed by atoms with E-state index in [-0.39, 0.29) is 12.1 Å². The third-order valence-corrected chi connectivity index (χ3v) is 4.35. The van der Waals surface area contributed by atoms with Gasteiger partial charge in [0.05, 0.1) is 20.3 Å². The van der Waals surface area contributed by atoms with Crippen LogP contribution in [0, 0.1) is 0 Å². The van der Waals surface area contributed by atoms with E-state index in [4.69, 9.17) is 14.2 Å². The van der Waals surface area contributed by atoms with Crippen molar-refractivity contribution in [1.82, 2.24) is 15.5 Å². The first-order valence-electron chi connectivity index (χ1n) is 9.41. The average Bonchev–Trinajstić information content (AvgIpc) is 3.08. The van der Waals surface area contributed by atoms with Crippen molar-refractivity contribution in [2.24, 2.45) is 4.99 Å². The van der Waals surface area contributed by atoms with Gasteiger partial charge in [-0.2, -0.15) is 0 Å². The molecule has 8 nitrogen and oxygen atoms in total. The quantitative estimate of drug-likeness (QED) is 0.591. The lowest BCUT2D eigenvalue weighted by atomic mass is 10.2. The lowest BCUT2D eigenvalue weighted by Crippen LogP contribution is -2.44. The van der Waals surface area contributed by atoms with Crippen molar-refractivity contribution in [3.05, 3.63) is 23.8 Å². The van der Waals surface area contributed by atoms with Crippen LogP contribution in [-0.4, -0.2) is 63.0 Å². The molecule has 156 valence electrons. The third kappa shape index (κ3) is 6.21. The van der Waals surface area contributed by atoms with Gasteiger partial charge in [-0.15, -0.1) is 0 Å². The number of likely N-dealkylation sites (tertiary alicyclic amines) is 1. The van der Waals surface area contributed by atoms with Crippen LogP contribution in [-0.2, 0) is 11.3 Å². The van der Waals surface area contributed by atoms with E-state index in [0.29, 0.717) is 13.1 Å². The summed E-state index contributed by atoms with van der Waals surface area (Å²) in [7, 11) is 5.02. The maximum atomic E-state index is 12.0. The van der Waals surface area contributed by atoms with Crippen LogP contribution in [0.5, 0.6) is 11.5 Å². The van der Waals surface area contributed by atoms with Gasteiger partial charge in [-0.05, 0) is 39.3 Å². The number of hydrogen-bond donors (Lipinski definition) is 2. The second kappa shape index (κ2) is 9.52. The third-order valence-electron chi connectivity index (χ3n) is 4.35. The van der Waals surface area contributed by atoms with Gasteiger partial charge in [0.2, 0.25) is 0 Å². The molecule has 0 aromatic heterocycles. The summed E-state index contributed by atoms with van der Waals surface area (Å²) in [6.45, 7) is 7.62. The fourth-order valence-electron chi connectivity index (χ4n) is 3.05. The topological polar surface area (TPSA) is 84.4 Å². The standard InChI is InChI=1S/C20H32N4O4/c1-20(2,3)28-19(25)23-15-9-10-24(13-15)18(21-4)22-12-14-7-8-16(26-5)11-17(14)27-6/h7-8,11,15H,9-10,12-13H2,1-6H3,(H,21,22)(H,23,25). The molecule has 0 saturated carbocycles. The summed E-state index contributed by atoms with van der Waals surface area (Å²) in [5.74, 6) is 2.29. The van der Waals surface area contributed by atoms with E-state index in [1.807, 2.05) is 39.0 Å². The van der Waals surface area contributed by atoms with Gasteiger partial charge in [0, 0.05) is 38.3 Å². The lowest BCUT2D eigenvalue weighted by molar-refractivity contribution is 0.0507. The van der Waals surface area contributed by atoms with E-state index in [1.165, 1.54) is 0 Å². The molecule has 1 aromatic carbocycles. The van der Waals surface area contributed by atoms with Crippen molar-refractivity contribution in [3.8, 4) is 11.5 Å². The van der Waals surface area contributed by atoms with E-state index in [1.54, 1.807) is 21.3 Å². The minimum Gasteiger partial charge on any atom is -0.497 e. The Balaban J connectivity index is 1.90. The second-order valence-electron chi connectivity index (χ2n) is 7.66. The summed E-state index contributed by atoms with van der Waals surface area (Å²) < 4.78 is 16.0. The molecule has 1 fully saturated rings. The number of aliphatic imine (C=N–C) groups is 1. The van der Waals surface area contributed by atoms with Gasteiger partial charge in [-0.1, -0.05) is 0 Å². The first kappa shape index (κ1) is 21.7. The number of guanidine groups is 1. The normalized spacial score (nSPS) is 17.3. The highest BCUT2D eigenvalue weighted by Gasteiger charge is 2.27. The second-order valence-corrected chi connectivity index (χ2v) is 7.66. The number of alkyl carbamates (subject to hydrolysis) is 1. The Bertz CT molecular complexity index is 700. The van der Waals surface area contributed by atoms with Crippen LogP contribution in [0.3, 0.4) is 0 Å². The first-order chi connectivity index (χ1) is 13.3. The van der Waals surface area contributed by atoms with E-state index in [9.17, 15) is 4.79 Å². The number of carbonyl (C=O) groups excluding carboxylic acids is 1. The molecular weight excluding hydrogens is 360 g/mol. The van der Waals surface area contributed by atoms with Gasteiger partial charge in [0.1, 0.15) is 17.1 Å². The number of methoxy groups -OCH3 is 2. The fourth-order valence-corrected chi connectivity index (χ4v) is 3.05. The van der Waals surface area contributed by atoms with E-state index in [0.717, 1.165) is 36.0 Å². The predicted molar refractivity (Wildman–Crippen MR) is 109 cm³/mol. The zero-order chi connectivity index (χ0) is 20.7. The van der Waals surface area contributed by atoms with Crippen molar-refractivity contribution in [2.45, 2.75) is 45.4 Å². The zero-order valence-electron chi connectivity index (χ0n) is 17.7. The number of ether oxygens (including phenoxy) is 3. The summed E-state index contributed by atoms with van der Waals surface area (Å²) in [4.78, 5) is 18.5. The molecule has 1 aliphatic rings. The molecule has 1 saturated heterocycles. The molecule has 1 unspecified atom stereocenters. The van der Waals surface area contributed by atoms with Crippen LogP contribution < -0.4 is 20.1 Å².